The fourth-order valence-corrected chi connectivity index (χ4v) is 3.49. The van der Waals surface area contributed by atoms with Crippen LogP contribution in [0.15, 0.2) is 83.9 Å². The average Bonchev–Trinajstić information content (AvgIpc) is 2.64. The van der Waals surface area contributed by atoms with Gasteiger partial charge in [-0.25, -0.2) is 4.99 Å². The Hall–Kier alpha value is -2.87. The van der Waals surface area contributed by atoms with Crippen molar-refractivity contribution in [2.75, 3.05) is 0 Å². The van der Waals surface area contributed by atoms with Crippen molar-refractivity contribution in [2.45, 2.75) is 18.8 Å². The second-order valence-electron chi connectivity index (χ2n) is 6.14. The molecular formula is C22H19NO. The lowest BCUT2D eigenvalue weighted by molar-refractivity contribution is 0.477. The molecule has 3 aromatic carbocycles. The highest BCUT2D eigenvalue weighted by atomic mass is 16.3. The summed E-state index contributed by atoms with van der Waals surface area (Å²) in [6.07, 6.45) is 1.94. The van der Waals surface area contributed by atoms with E-state index >= 15 is 0 Å². The van der Waals surface area contributed by atoms with Gasteiger partial charge < -0.3 is 5.11 Å². The summed E-state index contributed by atoms with van der Waals surface area (Å²) in [5, 5.41) is 10.0. The van der Waals surface area contributed by atoms with Crippen molar-refractivity contribution in [3.63, 3.8) is 0 Å². The van der Waals surface area contributed by atoms with Gasteiger partial charge in [-0.3, -0.25) is 0 Å². The number of phenols is 1. The highest BCUT2D eigenvalue weighted by molar-refractivity contribution is 6.04. The predicted octanol–water partition coefficient (Wildman–Crippen LogP) is 5.44. The van der Waals surface area contributed by atoms with Crippen LogP contribution in [0.2, 0.25) is 0 Å². The Labute approximate surface area is 142 Å². The number of aliphatic imine (C=N–C) groups is 1. The van der Waals surface area contributed by atoms with Crippen LogP contribution in [0.4, 0.5) is 5.69 Å². The third-order valence-corrected chi connectivity index (χ3v) is 4.66. The largest absolute Gasteiger partial charge is 0.506 e. The molecule has 0 saturated carbocycles. The Bertz CT molecular complexity index is 883. The SMILES string of the molecule is Oc1ccccc1N=C1CC[C@H](c2ccccc2)c2ccccc21. The van der Waals surface area contributed by atoms with Crippen molar-refractivity contribution in [2.24, 2.45) is 4.99 Å². The zero-order chi connectivity index (χ0) is 16.4. The minimum atomic E-state index is 0.229. The van der Waals surface area contributed by atoms with Crippen LogP contribution in [0.1, 0.15) is 35.4 Å². The molecule has 0 heterocycles. The van der Waals surface area contributed by atoms with E-state index in [1.54, 1.807) is 6.07 Å². The molecule has 0 saturated heterocycles. The van der Waals surface area contributed by atoms with Crippen molar-refractivity contribution >= 4 is 11.4 Å². The van der Waals surface area contributed by atoms with Crippen LogP contribution in [-0.4, -0.2) is 10.8 Å². The quantitative estimate of drug-likeness (QED) is 0.671. The van der Waals surface area contributed by atoms with Gasteiger partial charge in [0.1, 0.15) is 11.4 Å². The smallest absolute Gasteiger partial charge is 0.141 e. The summed E-state index contributed by atoms with van der Waals surface area (Å²) in [6, 6.07) is 26.4. The van der Waals surface area contributed by atoms with E-state index in [4.69, 9.17) is 4.99 Å². The van der Waals surface area contributed by atoms with Crippen molar-refractivity contribution in [1.82, 2.24) is 0 Å². The van der Waals surface area contributed by atoms with Gasteiger partial charge in [0.25, 0.3) is 0 Å². The van der Waals surface area contributed by atoms with Crippen molar-refractivity contribution < 1.29 is 5.11 Å². The van der Waals surface area contributed by atoms with E-state index in [1.807, 2.05) is 18.2 Å². The van der Waals surface area contributed by atoms with Crippen LogP contribution in [0.3, 0.4) is 0 Å². The fraction of sp³-hybridized carbons (Fsp3) is 0.136. The molecular weight excluding hydrogens is 294 g/mol. The van der Waals surface area contributed by atoms with Crippen LogP contribution in [0.5, 0.6) is 5.75 Å². The van der Waals surface area contributed by atoms with Gasteiger partial charge in [0, 0.05) is 11.6 Å². The van der Waals surface area contributed by atoms with E-state index in [1.165, 1.54) is 16.7 Å². The molecule has 24 heavy (non-hydrogen) atoms. The summed E-state index contributed by atoms with van der Waals surface area (Å²) in [5.74, 6) is 0.637. The average molecular weight is 313 g/mol. The summed E-state index contributed by atoms with van der Waals surface area (Å²) in [7, 11) is 0. The summed E-state index contributed by atoms with van der Waals surface area (Å²) >= 11 is 0. The number of aromatic hydroxyl groups is 1. The van der Waals surface area contributed by atoms with E-state index < -0.39 is 0 Å². The van der Waals surface area contributed by atoms with Gasteiger partial charge in [-0.2, -0.15) is 0 Å². The molecule has 1 aliphatic carbocycles. The van der Waals surface area contributed by atoms with Crippen LogP contribution < -0.4 is 0 Å². The first-order chi connectivity index (χ1) is 11.8. The van der Waals surface area contributed by atoms with Gasteiger partial charge in [0.05, 0.1) is 0 Å². The Morgan fingerprint density at radius 1 is 0.792 bits per heavy atom. The second-order valence-corrected chi connectivity index (χ2v) is 6.14. The van der Waals surface area contributed by atoms with Crippen LogP contribution in [0, 0.1) is 0 Å². The molecule has 0 radical (unpaired) electrons. The standard InChI is InChI=1S/C22H19NO/c24-22-13-7-6-12-21(22)23-20-15-14-17(16-8-2-1-3-9-16)18-10-4-5-11-19(18)20/h1-13,17,24H,14-15H2/t17-/m1/s1. The van der Waals surface area contributed by atoms with E-state index in [0.29, 0.717) is 11.6 Å². The molecule has 1 atom stereocenters. The molecule has 0 unspecified atom stereocenters. The lowest BCUT2D eigenvalue weighted by Crippen LogP contribution is -2.17. The van der Waals surface area contributed by atoms with Crippen molar-refractivity contribution in [1.29, 1.82) is 0 Å². The predicted molar refractivity (Wildman–Crippen MR) is 98.3 cm³/mol. The third-order valence-electron chi connectivity index (χ3n) is 4.66. The molecule has 4 rings (SSSR count). The summed E-state index contributed by atoms with van der Waals surface area (Å²) in [5.41, 5.74) is 5.57. The molecule has 0 spiro atoms. The number of para-hydroxylation sites is 2. The molecule has 0 aliphatic heterocycles. The molecule has 2 nitrogen and oxygen atoms in total. The van der Waals surface area contributed by atoms with E-state index in [0.717, 1.165) is 18.6 Å². The second kappa shape index (κ2) is 6.32. The first kappa shape index (κ1) is 14.7. The number of fused-ring (bicyclic) bond motifs is 1. The van der Waals surface area contributed by atoms with E-state index in [9.17, 15) is 5.11 Å². The highest BCUT2D eigenvalue weighted by Crippen LogP contribution is 2.38. The van der Waals surface area contributed by atoms with Crippen molar-refractivity contribution in [3.8, 4) is 5.75 Å². The number of hydrogen-bond donors (Lipinski definition) is 1. The molecule has 0 aromatic heterocycles. The molecule has 3 aromatic rings. The number of rotatable bonds is 2. The zero-order valence-electron chi connectivity index (χ0n) is 13.4. The first-order valence-electron chi connectivity index (χ1n) is 8.33. The normalized spacial score (nSPS) is 18.3. The van der Waals surface area contributed by atoms with Gasteiger partial charge >= 0.3 is 0 Å². The summed E-state index contributed by atoms with van der Waals surface area (Å²) < 4.78 is 0. The molecule has 118 valence electrons. The minimum absolute atomic E-state index is 0.229. The lowest BCUT2D eigenvalue weighted by atomic mass is 9.78. The minimum Gasteiger partial charge on any atom is -0.506 e. The van der Waals surface area contributed by atoms with Crippen LogP contribution in [0.25, 0.3) is 0 Å². The monoisotopic (exact) mass is 313 g/mol. The zero-order valence-corrected chi connectivity index (χ0v) is 13.4. The van der Waals surface area contributed by atoms with Gasteiger partial charge in [-0.1, -0.05) is 66.7 Å². The Kier molecular flexibility index (Phi) is 3.87. The molecule has 0 bridgehead atoms. The maximum atomic E-state index is 10.0. The Balaban J connectivity index is 1.79. The van der Waals surface area contributed by atoms with E-state index in [2.05, 4.69) is 54.6 Å². The van der Waals surface area contributed by atoms with Gasteiger partial charge in [-0.15, -0.1) is 0 Å². The third kappa shape index (κ3) is 2.71. The topological polar surface area (TPSA) is 32.6 Å². The molecule has 1 aliphatic rings. The van der Waals surface area contributed by atoms with E-state index in [-0.39, 0.29) is 5.75 Å². The number of nitrogens with zero attached hydrogens (tertiary/aromatic N) is 1. The number of phenolic OH excluding ortho intramolecular Hbond substituents is 1. The van der Waals surface area contributed by atoms with Crippen molar-refractivity contribution in [3.05, 3.63) is 95.6 Å². The Morgan fingerprint density at radius 3 is 2.33 bits per heavy atom. The van der Waals surface area contributed by atoms with Crippen LogP contribution in [-0.2, 0) is 0 Å². The molecule has 0 amide bonds. The number of benzene rings is 3. The summed E-state index contributed by atoms with van der Waals surface area (Å²) in [4.78, 5) is 4.75. The van der Waals surface area contributed by atoms with Gasteiger partial charge in [0.2, 0.25) is 0 Å². The van der Waals surface area contributed by atoms with Gasteiger partial charge in [-0.05, 0) is 41.7 Å². The van der Waals surface area contributed by atoms with Crippen LogP contribution >= 0.6 is 0 Å². The molecule has 2 heteroatoms. The lowest BCUT2D eigenvalue weighted by Gasteiger charge is -2.27. The summed E-state index contributed by atoms with van der Waals surface area (Å²) in [6.45, 7) is 0. The highest BCUT2D eigenvalue weighted by Gasteiger charge is 2.25. The fourth-order valence-electron chi connectivity index (χ4n) is 3.49. The molecule has 0 fully saturated rings. The first-order valence-corrected chi connectivity index (χ1v) is 8.33. The Morgan fingerprint density at radius 2 is 1.50 bits per heavy atom. The maximum absolute atomic E-state index is 10.0. The number of hydrogen-bond acceptors (Lipinski definition) is 2. The molecule has 1 N–H and O–H groups in total. The maximum Gasteiger partial charge on any atom is 0.141 e. The van der Waals surface area contributed by atoms with Gasteiger partial charge in [0.15, 0.2) is 0 Å².